The van der Waals surface area contributed by atoms with Gasteiger partial charge in [0.05, 0.1) is 12.0 Å². The number of hydrogen-bond donors (Lipinski definition) is 4. The zero-order valence-corrected chi connectivity index (χ0v) is 30.0. The maximum absolute atomic E-state index is 14.2. The van der Waals surface area contributed by atoms with Crippen LogP contribution in [0.2, 0.25) is 0 Å². The number of nitrogens with zero attached hydrogens (tertiary/aromatic N) is 2. The van der Waals surface area contributed by atoms with Crippen molar-refractivity contribution in [1.29, 1.82) is 0 Å². The van der Waals surface area contributed by atoms with E-state index in [4.69, 9.17) is 0 Å². The maximum Gasteiger partial charge on any atom is 0.254 e. The highest BCUT2D eigenvalue weighted by molar-refractivity contribution is 6.08. The molecule has 4 amide bonds. The molecule has 1 aliphatic heterocycles. The topological polar surface area (TPSA) is 127 Å². The van der Waals surface area contributed by atoms with Crippen LogP contribution >= 0.6 is 0 Å². The van der Waals surface area contributed by atoms with E-state index < -0.39 is 23.9 Å². The van der Waals surface area contributed by atoms with Gasteiger partial charge in [-0.3, -0.25) is 19.2 Å². The molecule has 10 nitrogen and oxygen atoms in total. The largest absolute Gasteiger partial charge is 0.360 e. The lowest BCUT2D eigenvalue weighted by atomic mass is 10.00. The van der Waals surface area contributed by atoms with E-state index in [-0.39, 0.29) is 24.7 Å². The van der Waals surface area contributed by atoms with Crippen LogP contribution < -0.4 is 16.0 Å². The summed E-state index contributed by atoms with van der Waals surface area (Å²) in [6.07, 6.45) is 5.06. The van der Waals surface area contributed by atoms with Crippen molar-refractivity contribution in [2.75, 3.05) is 33.2 Å². The Labute approximate surface area is 304 Å². The summed E-state index contributed by atoms with van der Waals surface area (Å²) in [4.78, 5) is 62.4. The van der Waals surface area contributed by atoms with E-state index in [2.05, 4.69) is 25.8 Å². The van der Waals surface area contributed by atoms with Crippen LogP contribution in [0, 0.1) is 6.92 Å². The quantitative estimate of drug-likeness (QED) is 0.128. The van der Waals surface area contributed by atoms with Crippen LogP contribution in [0.15, 0.2) is 97.2 Å². The van der Waals surface area contributed by atoms with Crippen LogP contribution in [0.1, 0.15) is 52.7 Å². The molecule has 0 spiro atoms. The number of piperidine rings is 1. The Balaban J connectivity index is 1.22. The van der Waals surface area contributed by atoms with Crippen LogP contribution in [0.5, 0.6) is 0 Å². The molecule has 6 rings (SSSR count). The summed E-state index contributed by atoms with van der Waals surface area (Å²) in [6, 6.07) is 27.1. The lowest BCUT2D eigenvalue weighted by Crippen LogP contribution is -2.55. The van der Waals surface area contributed by atoms with Crippen LogP contribution in [-0.2, 0) is 27.3 Å². The molecule has 0 radical (unpaired) electrons. The Bertz CT molecular complexity index is 2020. The molecule has 10 heteroatoms. The third kappa shape index (κ3) is 9.44. The number of amides is 4. The fourth-order valence-electron chi connectivity index (χ4n) is 6.88. The van der Waals surface area contributed by atoms with Crippen molar-refractivity contribution in [2.24, 2.45) is 0 Å². The number of likely N-dealkylation sites (N-methyl/N-ethyl adjacent to an activating group) is 1. The molecule has 1 fully saturated rings. The monoisotopic (exact) mass is 700 g/mol. The molecule has 5 aromatic rings. The van der Waals surface area contributed by atoms with Gasteiger partial charge in [0.2, 0.25) is 17.7 Å². The number of nitrogens with one attached hydrogen (secondary N) is 4. The average molecular weight is 701 g/mol. The van der Waals surface area contributed by atoms with Crippen molar-refractivity contribution in [3.63, 3.8) is 0 Å². The molecule has 0 saturated carbocycles. The van der Waals surface area contributed by atoms with E-state index in [1.54, 1.807) is 18.1 Å². The van der Waals surface area contributed by atoms with E-state index in [0.29, 0.717) is 24.0 Å². The molecule has 2 atom stereocenters. The first-order chi connectivity index (χ1) is 25.2. The molecule has 4 N–H and O–H groups in total. The minimum atomic E-state index is -1.23. The normalized spacial score (nSPS) is 14.4. The Morgan fingerprint density at radius 1 is 0.808 bits per heavy atom. The van der Waals surface area contributed by atoms with Crippen molar-refractivity contribution >= 4 is 45.3 Å². The van der Waals surface area contributed by atoms with Crippen LogP contribution in [-0.4, -0.2) is 83.7 Å². The van der Waals surface area contributed by atoms with E-state index >= 15 is 0 Å². The molecule has 1 aromatic heterocycles. The summed E-state index contributed by atoms with van der Waals surface area (Å²) < 4.78 is 0. The van der Waals surface area contributed by atoms with E-state index in [1.807, 2.05) is 97.9 Å². The van der Waals surface area contributed by atoms with Crippen molar-refractivity contribution in [1.82, 2.24) is 30.7 Å². The van der Waals surface area contributed by atoms with E-state index in [1.165, 1.54) is 6.42 Å². The number of aryl methyl sites for hydroxylation is 1. The SMILES string of the molecule is Cc1ccc(CN(C)C(=O)[C@H](Cc2ccc3ccccc3c2)NC(=O)[C@H](CC(=O)NCCN2CCCCC2)NC(=O)c2c[nH]c3ccccc23)cc1. The minimum Gasteiger partial charge on any atom is -0.360 e. The second-order valence-corrected chi connectivity index (χ2v) is 13.9. The second-order valence-electron chi connectivity index (χ2n) is 13.9. The number of H-pyrrole nitrogens is 1. The molecular weight excluding hydrogens is 652 g/mol. The highest BCUT2D eigenvalue weighted by Gasteiger charge is 2.31. The van der Waals surface area contributed by atoms with Gasteiger partial charge in [-0.05, 0) is 60.8 Å². The first kappa shape index (κ1) is 36.3. The van der Waals surface area contributed by atoms with Gasteiger partial charge >= 0.3 is 0 Å². The molecular formula is C42H48N6O4. The number of fused-ring (bicyclic) bond motifs is 2. The number of aromatic amines is 1. The summed E-state index contributed by atoms with van der Waals surface area (Å²) in [5, 5.41) is 11.5. The molecule has 0 aliphatic carbocycles. The van der Waals surface area contributed by atoms with Gasteiger partial charge in [0.15, 0.2) is 0 Å². The number of benzene rings is 4. The van der Waals surface area contributed by atoms with E-state index in [0.717, 1.165) is 65.5 Å². The van der Waals surface area contributed by atoms with E-state index in [9.17, 15) is 19.2 Å². The second kappa shape index (κ2) is 17.2. The lowest BCUT2D eigenvalue weighted by Gasteiger charge is -2.27. The number of likely N-dealkylation sites (tertiary alicyclic amines) is 1. The first-order valence-electron chi connectivity index (χ1n) is 18.2. The predicted octanol–water partition coefficient (Wildman–Crippen LogP) is 5.11. The summed E-state index contributed by atoms with van der Waals surface area (Å²) >= 11 is 0. The molecule has 0 unspecified atom stereocenters. The van der Waals surface area contributed by atoms with Gasteiger partial charge in [0.25, 0.3) is 5.91 Å². The number of carbonyl (C=O) groups excluding carboxylic acids is 4. The van der Waals surface area contributed by atoms with Crippen LogP contribution in [0.25, 0.3) is 21.7 Å². The van der Waals surface area contributed by atoms with Gasteiger partial charge in [0, 0.05) is 50.2 Å². The molecule has 4 aromatic carbocycles. The highest BCUT2D eigenvalue weighted by atomic mass is 16.2. The minimum absolute atomic E-state index is 0.221. The van der Waals surface area contributed by atoms with Gasteiger partial charge in [-0.1, -0.05) is 96.9 Å². The molecule has 1 aliphatic rings. The Kier molecular flexibility index (Phi) is 12.0. The van der Waals surface area contributed by atoms with Crippen molar-refractivity contribution in [2.45, 2.75) is 57.7 Å². The van der Waals surface area contributed by atoms with Gasteiger partial charge in [-0.2, -0.15) is 0 Å². The summed E-state index contributed by atoms with van der Waals surface area (Å²) in [7, 11) is 1.72. The summed E-state index contributed by atoms with van der Waals surface area (Å²) in [5.74, 6) is -1.74. The molecule has 2 heterocycles. The molecule has 0 bridgehead atoms. The summed E-state index contributed by atoms with van der Waals surface area (Å²) in [5.41, 5.74) is 4.09. The number of carbonyl (C=O) groups is 4. The number of hydrogen-bond acceptors (Lipinski definition) is 5. The van der Waals surface area contributed by atoms with Gasteiger partial charge in [-0.25, -0.2) is 0 Å². The van der Waals surface area contributed by atoms with Gasteiger partial charge in [-0.15, -0.1) is 0 Å². The first-order valence-corrected chi connectivity index (χ1v) is 18.2. The maximum atomic E-state index is 14.2. The highest BCUT2D eigenvalue weighted by Crippen LogP contribution is 2.20. The van der Waals surface area contributed by atoms with Crippen LogP contribution in [0.4, 0.5) is 0 Å². The molecule has 1 saturated heterocycles. The van der Waals surface area contributed by atoms with Gasteiger partial charge < -0.3 is 30.7 Å². The Morgan fingerprint density at radius 3 is 2.31 bits per heavy atom. The zero-order valence-electron chi connectivity index (χ0n) is 30.0. The number of rotatable bonds is 14. The number of aromatic nitrogens is 1. The number of para-hydroxylation sites is 1. The van der Waals surface area contributed by atoms with Crippen molar-refractivity contribution in [3.05, 3.63) is 119 Å². The average Bonchev–Trinajstić information content (AvgIpc) is 3.60. The Morgan fingerprint density at radius 2 is 1.52 bits per heavy atom. The van der Waals surface area contributed by atoms with Crippen LogP contribution in [0.3, 0.4) is 0 Å². The van der Waals surface area contributed by atoms with Crippen molar-refractivity contribution in [3.8, 4) is 0 Å². The third-order valence-electron chi connectivity index (χ3n) is 9.83. The predicted molar refractivity (Wildman–Crippen MR) is 205 cm³/mol. The third-order valence-corrected chi connectivity index (χ3v) is 9.83. The summed E-state index contributed by atoms with van der Waals surface area (Å²) in [6.45, 7) is 5.54. The van der Waals surface area contributed by atoms with Gasteiger partial charge in [0.1, 0.15) is 12.1 Å². The molecule has 270 valence electrons. The lowest BCUT2D eigenvalue weighted by molar-refractivity contribution is -0.136. The fourth-order valence-corrected chi connectivity index (χ4v) is 6.88. The zero-order chi connectivity index (χ0) is 36.5. The fraction of sp³-hybridized carbons (Fsp3) is 0.333. The smallest absolute Gasteiger partial charge is 0.254 e. The molecule has 52 heavy (non-hydrogen) atoms. The Hall–Kier alpha value is -5.48. The standard InChI is InChI=1S/C42H48N6O4/c1-29-14-16-30(17-15-29)28-47(2)42(52)38(25-31-18-19-32-10-4-5-11-33(32)24-31)46-41(51)37(26-39(49)43-20-23-48-21-8-3-9-22-48)45-40(50)35-27-44-36-13-7-6-12-34(35)36/h4-7,10-19,24,27,37-38,44H,3,8-9,20-23,25-26,28H2,1-2H3,(H,43,49)(H,45,50)(H,46,51)/t37-,38-/m0/s1. The van der Waals surface area contributed by atoms with Crippen molar-refractivity contribution < 1.29 is 19.2 Å².